The van der Waals surface area contributed by atoms with Crippen LogP contribution in [0.4, 0.5) is 4.79 Å². The number of carbonyl (C=O) groups is 10. The minimum Gasteiger partial charge on any atom is -0.508 e. The van der Waals surface area contributed by atoms with Crippen LogP contribution in [0.2, 0.25) is 0 Å². The highest BCUT2D eigenvalue weighted by atomic mass is 16.3. The fraction of sp³-hybridized carbons (Fsp3) is 0.328. The molecule has 0 aromatic heterocycles. The lowest BCUT2D eigenvalue weighted by atomic mass is 9.90. The third-order valence-corrected chi connectivity index (χ3v) is 15.8. The SMILES string of the molecule is CC(C)C[C@H](NC(=O)NNC(=O)[C@H](Cc1ccccc1)NC(=O)[C@H](CO)NC(=O)[C@H](CC(N)=O)NC(=O)[C@@H](Cc1ccc2ccc3cccc4ccc1c2c34)NC(=O)[C@H](N)Cc1ccc(O)cc1)C(=O)N(C)[C@@H](CCCN=C(N)N)C(=O)N[C@@H](Cc1ccccc1)C(N)=O. The molecule has 0 aliphatic carbocycles. The Bertz CT molecular complexity index is 3840. The number of aliphatic hydroxyl groups is 1. The Morgan fingerprint density at radius 3 is 1.63 bits per heavy atom. The monoisotopic (exact) mass is 1290 g/mol. The molecule has 0 fully saturated rings. The van der Waals surface area contributed by atoms with Gasteiger partial charge in [0.15, 0.2) is 5.96 Å². The summed E-state index contributed by atoms with van der Waals surface area (Å²) in [6.07, 6.45) is -0.894. The van der Waals surface area contributed by atoms with E-state index in [4.69, 9.17) is 28.7 Å². The molecule has 7 aromatic carbocycles. The topological polar surface area (TPSA) is 453 Å². The third-order valence-electron chi connectivity index (χ3n) is 15.8. The number of benzene rings is 7. The van der Waals surface area contributed by atoms with Gasteiger partial charge in [-0.05, 0) is 98.3 Å². The number of urea groups is 1. The fourth-order valence-corrected chi connectivity index (χ4v) is 11.0. The molecule has 27 heteroatoms. The average Bonchev–Trinajstić information content (AvgIpc) is 0.744. The van der Waals surface area contributed by atoms with Crippen molar-refractivity contribution in [2.45, 2.75) is 114 Å². The molecule has 0 bridgehead atoms. The maximum absolute atomic E-state index is 14.6. The zero-order valence-electron chi connectivity index (χ0n) is 52.3. The van der Waals surface area contributed by atoms with Gasteiger partial charge in [-0.1, -0.05) is 141 Å². The average molecular weight is 1290 g/mol. The minimum absolute atomic E-state index is 0.00134. The molecule has 0 saturated heterocycles. The van der Waals surface area contributed by atoms with Crippen molar-refractivity contribution in [1.82, 2.24) is 47.7 Å². The molecule has 7 rings (SSSR count). The number of hydrogen-bond acceptors (Lipinski definition) is 14. The second-order valence-corrected chi connectivity index (χ2v) is 23.4. The van der Waals surface area contributed by atoms with Crippen molar-refractivity contribution >= 4 is 97.5 Å². The zero-order valence-corrected chi connectivity index (χ0v) is 52.3. The first-order chi connectivity index (χ1) is 44.9. The van der Waals surface area contributed by atoms with E-state index < -0.39 is 121 Å². The summed E-state index contributed by atoms with van der Waals surface area (Å²) in [6.45, 7) is 2.57. The molecule has 7 aromatic rings. The van der Waals surface area contributed by atoms with Crippen LogP contribution in [0.5, 0.6) is 5.75 Å². The molecule has 94 heavy (non-hydrogen) atoms. The molecular formula is C67H81N15O12. The zero-order chi connectivity index (χ0) is 68.2. The Labute approximate surface area is 542 Å². The predicted octanol–water partition coefficient (Wildman–Crippen LogP) is 0.290. The van der Waals surface area contributed by atoms with Crippen LogP contribution in [0.1, 0.15) is 61.8 Å². The van der Waals surface area contributed by atoms with Gasteiger partial charge in [0, 0.05) is 32.9 Å². The highest BCUT2D eigenvalue weighted by molar-refractivity contribution is 6.23. The number of carbonyl (C=O) groups excluding carboxylic acids is 10. The largest absolute Gasteiger partial charge is 0.508 e. The molecule has 0 unspecified atom stereocenters. The highest BCUT2D eigenvalue weighted by Gasteiger charge is 2.36. The van der Waals surface area contributed by atoms with Gasteiger partial charge in [-0.2, -0.15) is 0 Å². The normalized spacial score (nSPS) is 13.8. The molecule has 11 amide bonds. The van der Waals surface area contributed by atoms with Crippen LogP contribution in [0.25, 0.3) is 32.3 Å². The van der Waals surface area contributed by atoms with Crippen LogP contribution in [-0.4, -0.2) is 149 Å². The maximum atomic E-state index is 14.6. The molecule has 0 aliphatic heterocycles. The summed E-state index contributed by atoms with van der Waals surface area (Å²) < 4.78 is 0. The second-order valence-electron chi connectivity index (χ2n) is 23.4. The third kappa shape index (κ3) is 19.8. The lowest BCUT2D eigenvalue weighted by Gasteiger charge is -2.32. The number of hydrazine groups is 1. The first kappa shape index (κ1) is 70.5. The van der Waals surface area contributed by atoms with E-state index in [-0.39, 0.29) is 69.1 Å². The molecule has 0 heterocycles. The molecule has 0 spiro atoms. The van der Waals surface area contributed by atoms with E-state index in [1.807, 2.05) is 54.6 Å². The van der Waals surface area contributed by atoms with Crippen LogP contribution in [0.3, 0.4) is 0 Å². The lowest BCUT2D eigenvalue weighted by molar-refractivity contribution is -0.141. The Morgan fingerprint density at radius 1 is 0.511 bits per heavy atom. The van der Waals surface area contributed by atoms with Crippen LogP contribution in [0.15, 0.2) is 145 Å². The summed E-state index contributed by atoms with van der Waals surface area (Å²) in [5.74, 6) is -8.79. The smallest absolute Gasteiger partial charge is 0.334 e. The quantitative estimate of drug-likeness (QED) is 0.00886. The number of aromatic hydroxyl groups is 1. The maximum Gasteiger partial charge on any atom is 0.334 e. The summed E-state index contributed by atoms with van der Waals surface area (Å²) in [4.78, 5) is 144. The van der Waals surface area contributed by atoms with Gasteiger partial charge in [-0.25, -0.2) is 10.2 Å². The Kier molecular flexibility index (Phi) is 25.1. The summed E-state index contributed by atoms with van der Waals surface area (Å²) in [6, 6.07) is 28.0. The molecule has 0 radical (unpaired) electrons. The molecule has 8 atom stereocenters. The van der Waals surface area contributed by atoms with E-state index in [9.17, 15) is 58.2 Å². The summed E-state index contributed by atoms with van der Waals surface area (Å²) in [5, 5.41) is 41.3. The first-order valence-corrected chi connectivity index (χ1v) is 30.5. The number of nitrogens with zero attached hydrogens (tertiary/aromatic N) is 2. The summed E-state index contributed by atoms with van der Waals surface area (Å²) in [7, 11) is 1.35. The molecule has 20 N–H and O–H groups in total. The molecule has 0 aliphatic rings. The molecular weight excluding hydrogens is 1210 g/mol. The Balaban J connectivity index is 1.05. The number of likely N-dealkylation sites (N-methyl/N-ethyl adjacent to an activating group) is 1. The fourth-order valence-electron chi connectivity index (χ4n) is 11.0. The van der Waals surface area contributed by atoms with Crippen molar-refractivity contribution < 1.29 is 58.2 Å². The number of amides is 11. The molecule has 0 saturated carbocycles. The summed E-state index contributed by atoms with van der Waals surface area (Å²) >= 11 is 0. The van der Waals surface area contributed by atoms with Gasteiger partial charge in [0.2, 0.25) is 47.3 Å². The van der Waals surface area contributed by atoms with E-state index in [1.54, 1.807) is 86.6 Å². The molecule has 496 valence electrons. The Hall–Kier alpha value is -10.9. The number of nitrogens with one attached hydrogen (secondary N) is 8. The van der Waals surface area contributed by atoms with Crippen molar-refractivity contribution in [3.05, 3.63) is 162 Å². The standard InChI is InChI=1S/C67H81N15O12/c1-37(2)30-52(65(93)82(3)54(18-11-29-73-66(71)72)64(92)74-48(58(70)86)32-38-12-6-4-7-13-38)79-67(94)81-80-63(91)49(33-39-14-8-5-9-15-39)76-62(90)53(36-83)78-61(89)51(35-55(69)85)77-60(88)50(75-59(87)47(68)31-40-19-26-45(84)27-20-40)34-44-24-23-43-22-21-41-16-10-17-42-25-28-46(44)57(43)56(41)42/h4-10,12-17,19-28,37,47-54,83-84H,11,18,29-36,68H2,1-3H3,(H2,69,85)(H2,70,86)(H,74,92)(H,75,87)(H,76,90)(H,77,88)(H,78,89)(H,80,91)(H4,71,72,73)(H2,79,81,94)/t47-,48+,49+,50-,51+,52+,53+,54+/m1/s1. The second kappa shape index (κ2) is 33.4. The number of phenolic OH excluding ortho intramolecular Hbond substituents is 1. The van der Waals surface area contributed by atoms with Crippen LogP contribution < -0.4 is 71.4 Å². The van der Waals surface area contributed by atoms with Crippen LogP contribution in [-0.2, 0) is 68.8 Å². The molecule has 27 nitrogen and oxygen atoms in total. The highest BCUT2D eigenvalue weighted by Crippen LogP contribution is 2.36. The summed E-state index contributed by atoms with van der Waals surface area (Å²) in [5.41, 5.74) is 35.7. The van der Waals surface area contributed by atoms with E-state index in [2.05, 4.69) is 47.7 Å². The first-order valence-electron chi connectivity index (χ1n) is 30.5. The van der Waals surface area contributed by atoms with Crippen LogP contribution in [0, 0.1) is 5.92 Å². The van der Waals surface area contributed by atoms with Gasteiger partial charge in [-0.3, -0.25) is 53.6 Å². The van der Waals surface area contributed by atoms with Gasteiger partial charge in [0.1, 0.15) is 48.0 Å². The van der Waals surface area contributed by atoms with Crippen molar-refractivity contribution in [2.75, 3.05) is 20.2 Å². The van der Waals surface area contributed by atoms with Gasteiger partial charge in [-0.15, -0.1) is 0 Å². The van der Waals surface area contributed by atoms with E-state index in [1.165, 1.54) is 19.2 Å². The van der Waals surface area contributed by atoms with Crippen molar-refractivity contribution in [2.24, 2.45) is 39.6 Å². The van der Waals surface area contributed by atoms with Crippen LogP contribution >= 0.6 is 0 Å². The van der Waals surface area contributed by atoms with E-state index in [0.717, 1.165) is 37.2 Å². The number of primary amides is 2. The lowest BCUT2D eigenvalue weighted by Crippen LogP contribution is -2.62. The number of rotatable bonds is 32. The van der Waals surface area contributed by atoms with Crippen molar-refractivity contribution in [3.8, 4) is 5.75 Å². The van der Waals surface area contributed by atoms with Crippen molar-refractivity contribution in [3.63, 3.8) is 0 Å². The number of nitrogens with two attached hydrogens (primary N) is 5. The minimum atomic E-state index is -1.85. The van der Waals surface area contributed by atoms with Gasteiger partial charge < -0.3 is 75.7 Å². The van der Waals surface area contributed by atoms with Gasteiger partial charge in [0.25, 0.3) is 5.91 Å². The van der Waals surface area contributed by atoms with E-state index >= 15 is 0 Å². The van der Waals surface area contributed by atoms with Gasteiger partial charge >= 0.3 is 6.03 Å². The number of hydrogen-bond donors (Lipinski definition) is 15. The van der Waals surface area contributed by atoms with Gasteiger partial charge in [0.05, 0.1) is 19.1 Å². The number of aliphatic hydroxyl groups excluding tert-OH is 1. The Morgan fingerprint density at radius 2 is 1.03 bits per heavy atom. The van der Waals surface area contributed by atoms with E-state index in [0.29, 0.717) is 22.3 Å². The predicted molar refractivity (Wildman–Crippen MR) is 353 cm³/mol. The number of aliphatic imine (C=N–C) groups is 1. The number of phenols is 1. The van der Waals surface area contributed by atoms with Crippen molar-refractivity contribution in [1.29, 1.82) is 0 Å². The number of guanidine groups is 1.